The molecule has 1 atom stereocenters. The molecule has 5 aromatic carbocycles. The molecule has 0 aliphatic heterocycles. The Morgan fingerprint density at radius 2 is 1.30 bits per heavy atom. The summed E-state index contributed by atoms with van der Waals surface area (Å²) in [5.41, 5.74) is 9.00. The van der Waals surface area contributed by atoms with Crippen LogP contribution in [0.2, 0.25) is 0 Å². The van der Waals surface area contributed by atoms with Crippen LogP contribution in [-0.4, -0.2) is 86.3 Å². The van der Waals surface area contributed by atoms with Crippen LogP contribution in [0.5, 0.6) is 17.2 Å². The fourth-order valence-corrected chi connectivity index (χ4v) is 10.6. The first kappa shape index (κ1) is 47.6. The third-order valence-electron chi connectivity index (χ3n) is 10.4. The lowest BCUT2D eigenvalue weighted by Gasteiger charge is -2.26. The van der Waals surface area contributed by atoms with Gasteiger partial charge < -0.3 is 30.0 Å². The molecule has 0 unspecified atom stereocenters. The summed E-state index contributed by atoms with van der Waals surface area (Å²) in [6, 6.07) is 36.3. The van der Waals surface area contributed by atoms with E-state index in [4.69, 9.17) is 24.7 Å². The molecule has 0 saturated heterocycles. The monoisotopic (exact) mass is 947 g/mol. The number of sulfonamides is 2. The maximum atomic E-state index is 15.9. The van der Waals surface area contributed by atoms with Crippen molar-refractivity contribution >= 4 is 32.0 Å². The van der Waals surface area contributed by atoms with E-state index >= 15 is 8.42 Å². The maximum Gasteiger partial charge on any atom is 0.407 e. The third-order valence-corrected chi connectivity index (χ3v) is 14.0. The summed E-state index contributed by atoms with van der Waals surface area (Å²) in [6.45, 7) is 0.983. The van der Waals surface area contributed by atoms with E-state index in [9.17, 15) is 13.2 Å². The molecule has 348 valence electrons. The minimum absolute atomic E-state index is 0.00660. The summed E-state index contributed by atoms with van der Waals surface area (Å²) in [7, 11) is -5.13. The van der Waals surface area contributed by atoms with E-state index in [1.54, 1.807) is 98.1 Å². The van der Waals surface area contributed by atoms with Crippen molar-refractivity contribution in [3.05, 3.63) is 156 Å². The molecule has 7 aromatic rings. The molecule has 0 aliphatic rings. The van der Waals surface area contributed by atoms with Gasteiger partial charge in [-0.25, -0.2) is 31.3 Å². The second-order valence-electron chi connectivity index (χ2n) is 15.2. The second kappa shape index (κ2) is 21.3. The van der Waals surface area contributed by atoms with Gasteiger partial charge in [0.05, 0.1) is 39.1 Å². The number of carbonyl (C=O) groups excluding carboxylic acids is 1. The Balaban J connectivity index is 1.37. The van der Waals surface area contributed by atoms with Crippen LogP contribution in [0.3, 0.4) is 0 Å². The lowest BCUT2D eigenvalue weighted by atomic mass is 10.0. The van der Waals surface area contributed by atoms with Crippen molar-refractivity contribution in [3.63, 3.8) is 0 Å². The molecule has 2 aromatic heterocycles. The van der Waals surface area contributed by atoms with Crippen molar-refractivity contribution in [3.8, 4) is 39.9 Å². The zero-order valence-electron chi connectivity index (χ0n) is 37.1. The predicted molar refractivity (Wildman–Crippen MR) is 250 cm³/mol. The highest BCUT2D eigenvalue weighted by atomic mass is 32.2. The first-order chi connectivity index (χ1) is 32.3. The summed E-state index contributed by atoms with van der Waals surface area (Å²) in [6.07, 6.45) is -0.782. The number of rotatable bonds is 20. The normalized spacial score (nSPS) is 12.1. The second-order valence-corrected chi connectivity index (χ2v) is 18.7. The fraction of sp³-hybridized carbons (Fsp3) is 0.213. The Hall–Kier alpha value is -7.39. The van der Waals surface area contributed by atoms with Gasteiger partial charge in [0.1, 0.15) is 39.5 Å². The van der Waals surface area contributed by atoms with Crippen molar-refractivity contribution in [1.82, 2.24) is 39.5 Å². The van der Waals surface area contributed by atoms with Crippen LogP contribution in [0.15, 0.2) is 143 Å². The van der Waals surface area contributed by atoms with E-state index in [0.717, 1.165) is 11.1 Å². The highest BCUT2D eigenvalue weighted by molar-refractivity contribution is 7.92. The largest absolute Gasteiger partial charge is 0.497 e. The summed E-state index contributed by atoms with van der Waals surface area (Å²) in [5.74, 6) is 1.64. The summed E-state index contributed by atoms with van der Waals surface area (Å²) in [5, 5.41) is 15.9. The summed E-state index contributed by atoms with van der Waals surface area (Å²) >= 11 is 0. The number of nitrogens with one attached hydrogen (secondary N) is 2. The molecule has 0 spiro atoms. The number of ether oxygens (including phenoxy) is 4. The first-order valence-corrected chi connectivity index (χ1v) is 23.7. The number of nitrogens with two attached hydrogens (primary N) is 1. The number of aromatic nitrogens is 5. The van der Waals surface area contributed by atoms with Crippen molar-refractivity contribution < 1.29 is 40.6 Å². The Kier molecular flexibility index (Phi) is 15.1. The molecule has 4 N–H and O–H groups in total. The molecule has 2 heterocycles. The first-order valence-electron chi connectivity index (χ1n) is 20.8. The van der Waals surface area contributed by atoms with Crippen molar-refractivity contribution in [2.75, 3.05) is 33.6 Å². The Morgan fingerprint density at radius 1 is 0.716 bits per heavy atom. The van der Waals surface area contributed by atoms with Crippen LogP contribution >= 0.6 is 0 Å². The number of carbonyl (C=O) groups is 1. The molecule has 0 radical (unpaired) electrons. The lowest BCUT2D eigenvalue weighted by Crippen LogP contribution is -2.42. The van der Waals surface area contributed by atoms with Crippen LogP contribution < -0.4 is 30.0 Å². The van der Waals surface area contributed by atoms with E-state index in [-0.39, 0.29) is 61.2 Å². The van der Waals surface area contributed by atoms with Crippen LogP contribution in [0, 0.1) is 0 Å². The number of methoxy groups -OCH3 is 3. The van der Waals surface area contributed by atoms with Crippen LogP contribution in [0.25, 0.3) is 22.6 Å². The van der Waals surface area contributed by atoms with Crippen LogP contribution in [0.1, 0.15) is 29.2 Å². The molecule has 67 heavy (non-hydrogen) atoms. The smallest absolute Gasteiger partial charge is 0.407 e. The van der Waals surface area contributed by atoms with Gasteiger partial charge in [-0.2, -0.15) is 9.10 Å². The molecule has 0 saturated carbocycles. The molecule has 0 aliphatic carbocycles. The van der Waals surface area contributed by atoms with E-state index in [1.807, 2.05) is 30.3 Å². The lowest BCUT2D eigenvalue weighted by molar-refractivity contribution is 0.139. The van der Waals surface area contributed by atoms with E-state index < -0.39 is 42.0 Å². The van der Waals surface area contributed by atoms with Crippen molar-refractivity contribution in [1.29, 1.82) is 0 Å². The van der Waals surface area contributed by atoms with E-state index in [1.165, 1.54) is 42.4 Å². The van der Waals surface area contributed by atoms with Crippen LogP contribution in [-0.2, 0) is 51.0 Å². The van der Waals surface area contributed by atoms with E-state index in [2.05, 4.69) is 30.4 Å². The molecule has 1 amide bonds. The van der Waals surface area contributed by atoms with Crippen molar-refractivity contribution in [2.24, 2.45) is 0 Å². The van der Waals surface area contributed by atoms with E-state index in [0.29, 0.717) is 28.4 Å². The maximum absolute atomic E-state index is 15.9. The fourth-order valence-electron chi connectivity index (χ4n) is 6.98. The molecule has 0 bridgehead atoms. The quantitative estimate of drug-likeness (QED) is 0.0791. The third kappa shape index (κ3) is 11.9. The van der Waals surface area contributed by atoms with Crippen LogP contribution in [0.4, 0.5) is 10.6 Å². The Labute approximate surface area is 388 Å². The highest BCUT2D eigenvalue weighted by Crippen LogP contribution is 2.41. The number of hydrogen-bond donors (Lipinski definition) is 3. The molecule has 18 nitrogen and oxygen atoms in total. The zero-order valence-corrected chi connectivity index (χ0v) is 38.7. The molecular weight excluding hydrogens is 899 g/mol. The number of amides is 1. The zero-order chi connectivity index (χ0) is 47.6. The van der Waals surface area contributed by atoms with Crippen molar-refractivity contribution in [2.45, 2.75) is 49.0 Å². The van der Waals surface area contributed by atoms with Gasteiger partial charge in [0.2, 0.25) is 25.9 Å². The number of alkyl carbamates (subject to hydrolysis) is 1. The summed E-state index contributed by atoms with van der Waals surface area (Å²) < 4.78 is 86.6. The molecule has 0 fully saturated rings. The molecular formula is C47H49N9O9S2. The number of pyridine rings is 1. The highest BCUT2D eigenvalue weighted by Gasteiger charge is 2.38. The average Bonchev–Trinajstić information content (AvgIpc) is 3.80. The van der Waals surface area contributed by atoms with Gasteiger partial charge in [0.25, 0.3) is 0 Å². The number of anilines is 1. The minimum atomic E-state index is -4.94. The molecule has 7 rings (SSSR count). The van der Waals surface area contributed by atoms with Gasteiger partial charge >= 0.3 is 6.09 Å². The van der Waals surface area contributed by atoms with Gasteiger partial charge in [-0.1, -0.05) is 78.9 Å². The van der Waals surface area contributed by atoms with Gasteiger partial charge in [0.15, 0.2) is 0 Å². The van der Waals surface area contributed by atoms with Gasteiger partial charge in [0, 0.05) is 31.2 Å². The summed E-state index contributed by atoms with van der Waals surface area (Å²) in [4.78, 5) is 17.2. The SMILES string of the molecule is COc1ccc(CN(Cc2ccc(OC)cc2)S(=O)(=O)c2c(S(=O)(=O)N[C@H](C)CNC(=O)OCc3ccccc3)ccc(-c3cccc(N)n3)c2-c2nnn(Cc3ccc(OC)cc3)n2)cc1. The minimum Gasteiger partial charge on any atom is -0.497 e. The number of nitrogens with zero attached hydrogens (tertiary/aromatic N) is 6. The standard InChI is InChI=1S/C47H49N9O9S2/c1-32(27-49-47(57)65-31-36-9-6-5-7-10-36)53-66(58,59)42-26-25-40(41-11-8-12-43(48)50-41)44(46-51-54-56(52-46)30-35-17-23-39(64-4)24-18-35)45(42)67(60,61)55(28-33-13-19-37(62-2)20-14-33)29-34-15-21-38(63-3)22-16-34/h5-26,32,53H,27-31H2,1-4H3,(H2,48,50)(H,49,57)/t32-/m1/s1. The van der Waals surface area contributed by atoms with Gasteiger partial charge in [-0.15, -0.1) is 10.2 Å². The Bertz CT molecular complexity index is 2960. The predicted octanol–water partition coefficient (Wildman–Crippen LogP) is 6.04. The topological polar surface area (TPSA) is 232 Å². The van der Waals surface area contributed by atoms with Gasteiger partial charge in [-0.05, 0) is 89.0 Å². The number of tetrazole rings is 1. The van der Waals surface area contributed by atoms with Gasteiger partial charge in [-0.3, -0.25) is 0 Å². The number of hydrogen-bond acceptors (Lipinski definition) is 14. The average molecular weight is 948 g/mol. The number of nitrogen functional groups attached to an aromatic ring is 1. The Morgan fingerprint density at radius 3 is 1.87 bits per heavy atom. The number of benzene rings is 5. The molecule has 20 heteroatoms.